The predicted octanol–water partition coefficient (Wildman–Crippen LogP) is 2.90. The van der Waals surface area contributed by atoms with Crippen molar-refractivity contribution in [1.82, 2.24) is 9.97 Å². The molecule has 0 spiro atoms. The van der Waals surface area contributed by atoms with Crippen LogP contribution in [0.25, 0.3) is 0 Å². The average Bonchev–Trinajstić information content (AvgIpc) is 2.36. The van der Waals surface area contributed by atoms with E-state index in [4.69, 9.17) is 0 Å². The summed E-state index contributed by atoms with van der Waals surface area (Å²) in [5, 5.41) is 11.0. The Hall–Kier alpha value is -1.40. The first-order valence-electron chi connectivity index (χ1n) is 6.46. The lowest BCUT2D eigenvalue weighted by Crippen LogP contribution is -2.41. The summed E-state index contributed by atoms with van der Waals surface area (Å²) in [6.45, 7) is 8.15. The smallest absolute Gasteiger partial charge is 0.158 e. The van der Waals surface area contributed by atoms with Crippen molar-refractivity contribution in [2.75, 3.05) is 0 Å². The maximum atomic E-state index is 11.0. The van der Waals surface area contributed by atoms with E-state index < -0.39 is 5.60 Å². The first kappa shape index (κ1) is 14.7. The standard InChI is InChI=1S/C15H22N2O/c1-5-7-9-15(18,14(3,4)8-6-2)13-10-16-12-17-11-13/h10-12,18H,5-6,8H2,1-4H3. The zero-order valence-electron chi connectivity index (χ0n) is 11.7. The zero-order chi connectivity index (χ0) is 13.6. The lowest BCUT2D eigenvalue weighted by molar-refractivity contribution is -0.0264. The van der Waals surface area contributed by atoms with E-state index >= 15 is 0 Å². The first-order chi connectivity index (χ1) is 8.48. The van der Waals surface area contributed by atoms with Gasteiger partial charge in [0, 0.05) is 29.8 Å². The highest BCUT2D eigenvalue weighted by Gasteiger charge is 2.43. The van der Waals surface area contributed by atoms with Crippen molar-refractivity contribution in [2.45, 2.75) is 52.6 Å². The summed E-state index contributed by atoms with van der Waals surface area (Å²) in [7, 11) is 0. The van der Waals surface area contributed by atoms with Gasteiger partial charge < -0.3 is 5.11 Å². The third-order valence-corrected chi connectivity index (χ3v) is 3.28. The van der Waals surface area contributed by atoms with Gasteiger partial charge in [-0.3, -0.25) is 0 Å². The average molecular weight is 246 g/mol. The molecule has 0 saturated carbocycles. The number of aromatic nitrogens is 2. The molecule has 3 nitrogen and oxygen atoms in total. The summed E-state index contributed by atoms with van der Waals surface area (Å²) in [5.41, 5.74) is -0.862. The molecule has 3 heteroatoms. The molecule has 1 aromatic heterocycles. The van der Waals surface area contributed by atoms with Crippen LogP contribution in [0.4, 0.5) is 0 Å². The normalized spacial score (nSPS) is 14.5. The van der Waals surface area contributed by atoms with Crippen molar-refractivity contribution in [3.8, 4) is 11.8 Å². The van der Waals surface area contributed by atoms with Crippen molar-refractivity contribution in [3.63, 3.8) is 0 Å². The Morgan fingerprint density at radius 3 is 2.33 bits per heavy atom. The minimum Gasteiger partial charge on any atom is -0.373 e. The van der Waals surface area contributed by atoms with Gasteiger partial charge in [-0.2, -0.15) is 0 Å². The van der Waals surface area contributed by atoms with Crippen LogP contribution in [-0.4, -0.2) is 15.1 Å². The third-order valence-electron chi connectivity index (χ3n) is 3.28. The van der Waals surface area contributed by atoms with Gasteiger partial charge in [-0.15, -0.1) is 5.92 Å². The van der Waals surface area contributed by atoms with E-state index in [1.807, 2.05) is 20.8 Å². The maximum absolute atomic E-state index is 11.0. The van der Waals surface area contributed by atoms with Crippen molar-refractivity contribution in [1.29, 1.82) is 0 Å². The molecular weight excluding hydrogens is 224 g/mol. The van der Waals surface area contributed by atoms with Gasteiger partial charge in [-0.25, -0.2) is 9.97 Å². The molecule has 0 aromatic carbocycles. The lowest BCUT2D eigenvalue weighted by atomic mass is 9.69. The van der Waals surface area contributed by atoms with E-state index in [9.17, 15) is 5.11 Å². The van der Waals surface area contributed by atoms with E-state index in [1.54, 1.807) is 12.4 Å². The Morgan fingerprint density at radius 1 is 1.22 bits per heavy atom. The highest BCUT2D eigenvalue weighted by molar-refractivity contribution is 5.31. The van der Waals surface area contributed by atoms with E-state index in [0.717, 1.165) is 19.3 Å². The molecule has 0 radical (unpaired) electrons. The van der Waals surface area contributed by atoms with E-state index in [2.05, 4.69) is 28.7 Å². The summed E-state index contributed by atoms with van der Waals surface area (Å²) in [6, 6.07) is 0. The minimum atomic E-state index is -1.19. The fraction of sp³-hybridized carbons (Fsp3) is 0.600. The highest BCUT2D eigenvalue weighted by Crippen LogP contribution is 2.42. The monoisotopic (exact) mass is 246 g/mol. The van der Waals surface area contributed by atoms with Gasteiger partial charge in [0.05, 0.1) is 0 Å². The Labute approximate surface area is 110 Å². The molecule has 0 amide bonds. The first-order valence-corrected chi connectivity index (χ1v) is 6.46. The van der Waals surface area contributed by atoms with E-state index in [1.165, 1.54) is 6.33 Å². The van der Waals surface area contributed by atoms with Crippen molar-refractivity contribution >= 4 is 0 Å². The molecule has 1 rings (SSSR count). The molecule has 0 fully saturated rings. The summed E-state index contributed by atoms with van der Waals surface area (Å²) < 4.78 is 0. The molecule has 98 valence electrons. The van der Waals surface area contributed by atoms with Gasteiger partial charge in [0.1, 0.15) is 6.33 Å². The van der Waals surface area contributed by atoms with Crippen molar-refractivity contribution in [2.24, 2.45) is 5.41 Å². The third kappa shape index (κ3) is 2.88. The summed E-state index contributed by atoms with van der Waals surface area (Å²) in [4.78, 5) is 7.99. The second-order valence-electron chi connectivity index (χ2n) is 5.13. The Bertz CT molecular complexity index is 431. The molecule has 1 aromatic rings. The van der Waals surface area contributed by atoms with Gasteiger partial charge in [0.2, 0.25) is 0 Å². The second-order valence-corrected chi connectivity index (χ2v) is 5.13. The molecule has 0 saturated heterocycles. The van der Waals surface area contributed by atoms with Crippen LogP contribution in [0.2, 0.25) is 0 Å². The van der Waals surface area contributed by atoms with E-state index in [0.29, 0.717) is 5.56 Å². The quantitative estimate of drug-likeness (QED) is 0.831. The highest BCUT2D eigenvalue weighted by atomic mass is 16.3. The number of nitrogens with zero attached hydrogens (tertiary/aromatic N) is 2. The van der Waals surface area contributed by atoms with Crippen LogP contribution in [0.15, 0.2) is 18.7 Å². The molecular formula is C15H22N2O. The van der Waals surface area contributed by atoms with Crippen LogP contribution < -0.4 is 0 Å². The molecule has 0 aliphatic rings. The van der Waals surface area contributed by atoms with Crippen molar-refractivity contribution < 1.29 is 5.11 Å². The van der Waals surface area contributed by atoms with Crippen LogP contribution >= 0.6 is 0 Å². The number of hydrogen-bond donors (Lipinski definition) is 1. The van der Waals surface area contributed by atoms with Gasteiger partial charge in [0.25, 0.3) is 0 Å². The summed E-state index contributed by atoms with van der Waals surface area (Å²) >= 11 is 0. The van der Waals surface area contributed by atoms with Crippen molar-refractivity contribution in [3.05, 3.63) is 24.3 Å². The zero-order valence-corrected chi connectivity index (χ0v) is 11.7. The van der Waals surface area contributed by atoms with Gasteiger partial charge in [-0.1, -0.05) is 40.0 Å². The van der Waals surface area contributed by atoms with Gasteiger partial charge >= 0.3 is 0 Å². The molecule has 18 heavy (non-hydrogen) atoms. The fourth-order valence-corrected chi connectivity index (χ4v) is 2.14. The van der Waals surface area contributed by atoms with Gasteiger partial charge in [-0.05, 0) is 6.42 Å². The van der Waals surface area contributed by atoms with Gasteiger partial charge in [0.15, 0.2) is 5.60 Å². The molecule has 0 aliphatic carbocycles. The molecule has 1 unspecified atom stereocenters. The lowest BCUT2D eigenvalue weighted by Gasteiger charge is -2.39. The minimum absolute atomic E-state index is 0.339. The predicted molar refractivity (Wildman–Crippen MR) is 72.7 cm³/mol. The number of rotatable bonds is 4. The van der Waals surface area contributed by atoms with E-state index in [-0.39, 0.29) is 5.41 Å². The molecule has 1 heterocycles. The number of hydrogen-bond acceptors (Lipinski definition) is 3. The van der Waals surface area contributed by atoms with Crippen LogP contribution in [0.5, 0.6) is 0 Å². The Balaban J connectivity index is 3.27. The van der Waals surface area contributed by atoms with Crippen LogP contribution in [0, 0.1) is 17.3 Å². The second kappa shape index (κ2) is 5.97. The number of aliphatic hydroxyl groups is 1. The summed E-state index contributed by atoms with van der Waals surface area (Å²) in [6.07, 6.45) is 7.36. The SMILES string of the molecule is CCC#CC(O)(c1cncnc1)C(C)(C)CCC. The Kier molecular flexibility index (Phi) is 4.86. The topological polar surface area (TPSA) is 46.0 Å². The summed E-state index contributed by atoms with van der Waals surface area (Å²) in [5.74, 6) is 6.01. The molecule has 0 aliphatic heterocycles. The van der Waals surface area contributed by atoms with Crippen LogP contribution in [-0.2, 0) is 5.60 Å². The molecule has 1 N–H and O–H groups in total. The molecule has 1 atom stereocenters. The maximum Gasteiger partial charge on any atom is 0.158 e. The fourth-order valence-electron chi connectivity index (χ4n) is 2.14. The largest absolute Gasteiger partial charge is 0.373 e. The Morgan fingerprint density at radius 2 is 1.83 bits per heavy atom. The van der Waals surface area contributed by atoms with Crippen LogP contribution in [0.1, 0.15) is 52.5 Å². The molecule has 0 bridgehead atoms. The van der Waals surface area contributed by atoms with Crippen LogP contribution in [0.3, 0.4) is 0 Å².